The second-order valence-electron chi connectivity index (χ2n) is 5.77. The van der Waals surface area contributed by atoms with Crippen molar-refractivity contribution in [3.63, 3.8) is 0 Å². The van der Waals surface area contributed by atoms with Gasteiger partial charge in [-0.3, -0.25) is 4.79 Å². The number of carbonyl (C=O) groups is 2. The van der Waals surface area contributed by atoms with E-state index in [4.69, 9.17) is 4.74 Å². The van der Waals surface area contributed by atoms with Crippen LogP contribution in [0.15, 0.2) is 42.5 Å². The Bertz CT molecular complexity index is 759. The molecule has 0 atom stereocenters. The van der Waals surface area contributed by atoms with Crippen molar-refractivity contribution in [2.75, 3.05) is 13.1 Å². The third-order valence-corrected chi connectivity index (χ3v) is 3.64. The molecule has 0 unspecified atom stereocenters. The van der Waals surface area contributed by atoms with Crippen LogP contribution in [0.5, 0.6) is 17.2 Å². The van der Waals surface area contributed by atoms with Gasteiger partial charge >= 0.3 is 6.09 Å². The number of phenols is 2. The summed E-state index contributed by atoms with van der Waals surface area (Å²) in [4.78, 5) is 22.6. The molecule has 0 aromatic heterocycles. The van der Waals surface area contributed by atoms with Gasteiger partial charge in [0.2, 0.25) is 5.91 Å². The van der Waals surface area contributed by atoms with Crippen molar-refractivity contribution < 1.29 is 24.5 Å². The van der Waals surface area contributed by atoms with Gasteiger partial charge in [-0.15, -0.1) is 0 Å². The molecule has 0 aliphatic rings. The fourth-order valence-electron chi connectivity index (χ4n) is 2.28. The molecule has 0 heterocycles. The highest BCUT2D eigenvalue weighted by atomic mass is 16.6. The molecule has 0 saturated heterocycles. The van der Waals surface area contributed by atoms with Crippen LogP contribution in [0.25, 0.3) is 0 Å². The van der Waals surface area contributed by atoms with E-state index in [9.17, 15) is 19.8 Å². The van der Waals surface area contributed by atoms with Gasteiger partial charge in [0.15, 0.2) is 11.5 Å². The van der Waals surface area contributed by atoms with E-state index < -0.39 is 6.09 Å². The van der Waals surface area contributed by atoms with Crippen molar-refractivity contribution in [3.8, 4) is 17.2 Å². The molecule has 4 N–H and O–H groups in total. The van der Waals surface area contributed by atoms with E-state index in [0.29, 0.717) is 31.7 Å². The average molecular weight is 358 g/mol. The Kier molecular flexibility index (Phi) is 6.84. The molecular formula is C19H22N2O5. The molecule has 2 aromatic carbocycles. The molecule has 2 amide bonds. The Balaban J connectivity index is 1.73. The molecule has 0 spiro atoms. The number of rotatable bonds is 7. The Labute approximate surface area is 151 Å². The standard InChI is InChI=1S/C19H22N2O5/c1-13(22)20-10-8-14-2-5-16(6-3-14)26-19(25)21-11-9-15-4-7-17(23)18(24)12-15/h2-7,12,23-24H,8-11H2,1H3,(H,20,22)(H,21,25). The van der Waals surface area contributed by atoms with Crippen molar-refractivity contribution in [1.82, 2.24) is 10.6 Å². The molecule has 2 rings (SSSR count). The SMILES string of the molecule is CC(=O)NCCc1ccc(OC(=O)NCCc2ccc(O)c(O)c2)cc1. The second kappa shape index (κ2) is 9.31. The van der Waals surface area contributed by atoms with Crippen molar-refractivity contribution in [1.29, 1.82) is 0 Å². The van der Waals surface area contributed by atoms with E-state index in [-0.39, 0.29) is 17.4 Å². The van der Waals surface area contributed by atoms with Crippen LogP contribution in [0.4, 0.5) is 4.79 Å². The van der Waals surface area contributed by atoms with E-state index in [0.717, 1.165) is 11.1 Å². The summed E-state index contributed by atoms with van der Waals surface area (Å²) in [6.45, 7) is 2.36. The van der Waals surface area contributed by atoms with Crippen LogP contribution in [-0.2, 0) is 17.6 Å². The quantitative estimate of drug-likeness (QED) is 0.567. The number of benzene rings is 2. The Morgan fingerprint density at radius 3 is 2.15 bits per heavy atom. The number of ether oxygens (including phenoxy) is 1. The number of aromatic hydroxyl groups is 2. The predicted octanol–water partition coefficient (Wildman–Crippen LogP) is 2.11. The van der Waals surface area contributed by atoms with Crippen LogP contribution in [0.1, 0.15) is 18.1 Å². The van der Waals surface area contributed by atoms with Crippen molar-refractivity contribution in [3.05, 3.63) is 53.6 Å². The van der Waals surface area contributed by atoms with Gasteiger partial charge in [0, 0.05) is 20.0 Å². The highest BCUT2D eigenvalue weighted by molar-refractivity contribution is 5.72. The number of nitrogens with one attached hydrogen (secondary N) is 2. The van der Waals surface area contributed by atoms with Gasteiger partial charge in [0.1, 0.15) is 5.75 Å². The minimum absolute atomic E-state index is 0.0656. The third-order valence-electron chi connectivity index (χ3n) is 3.64. The third kappa shape index (κ3) is 6.35. The van der Waals surface area contributed by atoms with E-state index in [1.807, 2.05) is 12.1 Å². The molecule has 0 saturated carbocycles. The monoisotopic (exact) mass is 358 g/mol. The number of hydrogen-bond donors (Lipinski definition) is 4. The summed E-state index contributed by atoms with van der Waals surface area (Å²) in [5, 5.41) is 24.0. The van der Waals surface area contributed by atoms with Crippen molar-refractivity contribution >= 4 is 12.0 Å². The topological polar surface area (TPSA) is 108 Å². The van der Waals surface area contributed by atoms with Crippen LogP contribution in [-0.4, -0.2) is 35.3 Å². The summed E-state index contributed by atoms with van der Waals surface area (Å²) in [6, 6.07) is 11.6. The Morgan fingerprint density at radius 1 is 0.885 bits per heavy atom. The molecular weight excluding hydrogens is 336 g/mol. The first kappa shape index (κ1) is 19.1. The maximum atomic E-state index is 11.8. The van der Waals surface area contributed by atoms with Gasteiger partial charge in [0.25, 0.3) is 0 Å². The van der Waals surface area contributed by atoms with Gasteiger partial charge in [0.05, 0.1) is 0 Å². The maximum absolute atomic E-state index is 11.8. The summed E-state index contributed by atoms with van der Waals surface area (Å²) in [5.74, 6) is -0.0116. The first-order chi connectivity index (χ1) is 12.4. The van der Waals surface area contributed by atoms with E-state index >= 15 is 0 Å². The highest BCUT2D eigenvalue weighted by Crippen LogP contribution is 2.24. The van der Waals surface area contributed by atoms with Gasteiger partial charge in [-0.1, -0.05) is 18.2 Å². The molecule has 7 heteroatoms. The zero-order chi connectivity index (χ0) is 18.9. The number of carbonyl (C=O) groups excluding carboxylic acids is 2. The lowest BCUT2D eigenvalue weighted by atomic mass is 10.1. The summed E-state index contributed by atoms with van der Waals surface area (Å²) in [6.07, 6.45) is 0.621. The Morgan fingerprint density at radius 2 is 1.50 bits per heavy atom. The van der Waals surface area contributed by atoms with Crippen LogP contribution in [0.2, 0.25) is 0 Å². The lowest BCUT2D eigenvalue weighted by Gasteiger charge is -2.08. The minimum Gasteiger partial charge on any atom is -0.504 e. The normalized spacial score (nSPS) is 10.2. The zero-order valence-corrected chi connectivity index (χ0v) is 14.5. The molecule has 138 valence electrons. The zero-order valence-electron chi connectivity index (χ0n) is 14.5. The summed E-state index contributed by atoms with van der Waals surface area (Å²) in [7, 11) is 0. The van der Waals surface area contributed by atoms with Gasteiger partial charge in [-0.2, -0.15) is 0 Å². The highest BCUT2D eigenvalue weighted by Gasteiger charge is 2.05. The number of amides is 2. The summed E-state index contributed by atoms with van der Waals surface area (Å²) >= 11 is 0. The van der Waals surface area contributed by atoms with Crippen LogP contribution in [0.3, 0.4) is 0 Å². The fourth-order valence-corrected chi connectivity index (χ4v) is 2.28. The van der Waals surface area contributed by atoms with Gasteiger partial charge in [-0.05, 0) is 48.2 Å². The fraction of sp³-hybridized carbons (Fsp3) is 0.263. The lowest BCUT2D eigenvalue weighted by molar-refractivity contribution is -0.118. The van der Waals surface area contributed by atoms with Crippen LogP contribution >= 0.6 is 0 Å². The number of phenolic OH excluding ortho intramolecular Hbond substituents is 2. The van der Waals surface area contributed by atoms with Crippen molar-refractivity contribution in [2.24, 2.45) is 0 Å². The van der Waals surface area contributed by atoms with Gasteiger partial charge < -0.3 is 25.6 Å². The summed E-state index contributed by atoms with van der Waals surface area (Å²) in [5.41, 5.74) is 1.81. The molecule has 0 fully saturated rings. The smallest absolute Gasteiger partial charge is 0.412 e. The molecule has 0 radical (unpaired) electrons. The molecule has 0 bridgehead atoms. The van der Waals surface area contributed by atoms with Crippen LogP contribution in [0, 0.1) is 0 Å². The average Bonchev–Trinajstić information content (AvgIpc) is 2.59. The molecule has 26 heavy (non-hydrogen) atoms. The van der Waals surface area contributed by atoms with E-state index in [1.165, 1.54) is 19.1 Å². The van der Waals surface area contributed by atoms with E-state index in [2.05, 4.69) is 10.6 Å². The molecule has 0 aliphatic heterocycles. The van der Waals surface area contributed by atoms with Crippen molar-refractivity contribution in [2.45, 2.75) is 19.8 Å². The van der Waals surface area contributed by atoms with Crippen LogP contribution < -0.4 is 15.4 Å². The van der Waals surface area contributed by atoms with E-state index in [1.54, 1.807) is 18.2 Å². The Hall–Kier alpha value is -3.22. The second-order valence-corrected chi connectivity index (χ2v) is 5.77. The number of hydrogen-bond acceptors (Lipinski definition) is 5. The molecule has 0 aliphatic carbocycles. The minimum atomic E-state index is -0.570. The first-order valence-electron chi connectivity index (χ1n) is 8.24. The maximum Gasteiger partial charge on any atom is 0.412 e. The largest absolute Gasteiger partial charge is 0.504 e. The first-order valence-corrected chi connectivity index (χ1v) is 8.24. The lowest BCUT2D eigenvalue weighted by Crippen LogP contribution is -2.28. The molecule has 7 nitrogen and oxygen atoms in total. The summed E-state index contributed by atoms with van der Waals surface area (Å²) < 4.78 is 5.18. The predicted molar refractivity (Wildman–Crippen MR) is 96.3 cm³/mol. The molecule has 2 aromatic rings. The van der Waals surface area contributed by atoms with Gasteiger partial charge in [-0.25, -0.2) is 4.79 Å².